The summed E-state index contributed by atoms with van der Waals surface area (Å²) in [6, 6.07) is 1.26. The second-order valence-electron chi connectivity index (χ2n) is 9.07. The zero-order chi connectivity index (χ0) is 17.9. The lowest BCUT2D eigenvalue weighted by atomic mass is 9.96. The molecule has 0 amide bonds. The number of thiocarbonyl (C=S) groups is 2. The van der Waals surface area contributed by atoms with E-state index in [-0.39, 0.29) is 0 Å². The summed E-state index contributed by atoms with van der Waals surface area (Å²) in [6.07, 6.45) is 13.4. The zero-order valence-corrected chi connectivity index (χ0v) is 17.4. The van der Waals surface area contributed by atoms with Gasteiger partial charge in [-0.3, -0.25) is 0 Å². The number of fused-ring (bicyclic) bond motifs is 4. The van der Waals surface area contributed by atoms with E-state index in [1.165, 1.54) is 51.4 Å². The fourth-order valence-electron chi connectivity index (χ4n) is 5.94. The average molecular weight is 395 g/mol. The monoisotopic (exact) mass is 394 g/mol. The molecular formula is C20H34N4S2. The molecular weight excluding hydrogens is 360 g/mol. The Bertz CT molecular complexity index is 480. The fraction of sp³-hybridized carbons (Fsp3) is 0.900. The van der Waals surface area contributed by atoms with Gasteiger partial charge in [-0.15, -0.1) is 0 Å². The fourth-order valence-corrected chi connectivity index (χ4v) is 6.44. The predicted octanol–water partition coefficient (Wildman–Crippen LogP) is 3.07. The third kappa shape index (κ3) is 4.61. The van der Waals surface area contributed by atoms with Gasteiger partial charge in [-0.25, -0.2) is 0 Å². The van der Waals surface area contributed by atoms with E-state index < -0.39 is 0 Å². The molecule has 4 N–H and O–H groups in total. The summed E-state index contributed by atoms with van der Waals surface area (Å²) in [5.74, 6) is 3.66. The highest BCUT2D eigenvalue weighted by Crippen LogP contribution is 2.45. The Hall–Kier alpha value is -0.620. The van der Waals surface area contributed by atoms with E-state index in [4.69, 9.17) is 24.4 Å². The van der Waals surface area contributed by atoms with Crippen LogP contribution in [0.3, 0.4) is 0 Å². The molecule has 4 rings (SSSR count). The largest absolute Gasteiger partial charge is 0.363 e. The van der Waals surface area contributed by atoms with Crippen LogP contribution in [0.2, 0.25) is 0 Å². The first-order valence-corrected chi connectivity index (χ1v) is 11.6. The number of rotatable bonds is 7. The van der Waals surface area contributed by atoms with Crippen LogP contribution in [-0.2, 0) is 0 Å². The van der Waals surface area contributed by atoms with Gasteiger partial charge in [0, 0.05) is 25.2 Å². The maximum atomic E-state index is 5.46. The molecule has 4 aliphatic rings. The lowest BCUT2D eigenvalue weighted by Crippen LogP contribution is -2.45. The standard InChI is InChI=1S/C20H34N4S2/c25-19(23-17-11-13-3-5-15(17)9-13)21-7-1-2-8-22-20(26)24-18-12-14-4-6-16(18)10-14/h13-18H,1-12H2,(H2,21,23,25)(H2,22,24,26)/t13-,14+,15-,16-,17-,18+/m1/s1. The van der Waals surface area contributed by atoms with Crippen LogP contribution < -0.4 is 21.3 Å². The molecule has 26 heavy (non-hydrogen) atoms. The van der Waals surface area contributed by atoms with Crippen LogP contribution in [0.15, 0.2) is 0 Å². The molecule has 0 spiro atoms. The van der Waals surface area contributed by atoms with Crippen molar-refractivity contribution in [3.8, 4) is 0 Å². The minimum atomic E-state index is 0.629. The lowest BCUT2D eigenvalue weighted by Gasteiger charge is -2.25. The minimum Gasteiger partial charge on any atom is -0.363 e. The van der Waals surface area contributed by atoms with Gasteiger partial charge in [-0.05, 0) is 99.5 Å². The van der Waals surface area contributed by atoms with Crippen LogP contribution >= 0.6 is 24.4 Å². The van der Waals surface area contributed by atoms with Crippen LogP contribution in [0.1, 0.15) is 64.2 Å². The molecule has 0 saturated heterocycles. The molecule has 4 saturated carbocycles. The molecule has 0 unspecified atom stereocenters. The van der Waals surface area contributed by atoms with Gasteiger partial charge >= 0.3 is 0 Å². The van der Waals surface area contributed by atoms with Crippen LogP contribution in [0.25, 0.3) is 0 Å². The van der Waals surface area contributed by atoms with Crippen molar-refractivity contribution in [3.05, 3.63) is 0 Å². The molecule has 0 heterocycles. The lowest BCUT2D eigenvalue weighted by molar-refractivity contribution is 0.388. The summed E-state index contributed by atoms with van der Waals surface area (Å²) in [4.78, 5) is 0. The van der Waals surface area contributed by atoms with Crippen molar-refractivity contribution in [3.63, 3.8) is 0 Å². The average Bonchev–Trinajstić information content (AvgIpc) is 3.38. The second kappa shape index (κ2) is 8.59. The first-order chi connectivity index (χ1) is 12.7. The molecule has 0 aromatic heterocycles. The molecule has 0 aromatic carbocycles. The van der Waals surface area contributed by atoms with Crippen molar-refractivity contribution in [2.24, 2.45) is 23.7 Å². The van der Waals surface area contributed by atoms with Gasteiger partial charge in [-0.1, -0.05) is 12.8 Å². The van der Waals surface area contributed by atoms with Crippen molar-refractivity contribution >= 4 is 34.7 Å². The van der Waals surface area contributed by atoms with E-state index in [0.717, 1.165) is 59.8 Å². The van der Waals surface area contributed by atoms with Gasteiger partial charge in [0.05, 0.1) is 0 Å². The van der Waals surface area contributed by atoms with E-state index in [1.807, 2.05) is 0 Å². The topological polar surface area (TPSA) is 48.1 Å². The number of unbranched alkanes of at least 4 members (excludes halogenated alkanes) is 1. The quantitative estimate of drug-likeness (QED) is 0.393. The number of hydrogen-bond acceptors (Lipinski definition) is 2. The van der Waals surface area contributed by atoms with Crippen LogP contribution in [0.4, 0.5) is 0 Å². The molecule has 4 fully saturated rings. The summed E-state index contributed by atoms with van der Waals surface area (Å²) in [5.41, 5.74) is 0. The summed E-state index contributed by atoms with van der Waals surface area (Å²) in [5, 5.41) is 15.6. The molecule has 6 atom stereocenters. The Balaban J connectivity index is 1.01. The predicted molar refractivity (Wildman–Crippen MR) is 115 cm³/mol. The Labute approximate surface area is 169 Å². The summed E-state index contributed by atoms with van der Waals surface area (Å²) in [6.45, 7) is 1.89. The molecule has 4 nitrogen and oxygen atoms in total. The van der Waals surface area contributed by atoms with E-state index in [0.29, 0.717) is 12.1 Å². The van der Waals surface area contributed by atoms with Gasteiger partial charge < -0.3 is 21.3 Å². The van der Waals surface area contributed by atoms with E-state index >= 15 is 0 Å². The molecule has 4 bridgehead atoms. The van der Waals surface area contributed by atoms with Crippen molar-refractivity contribution in [2.45, 2.75) is 76.3 Å². The van der Waals surface area contributed by atoms with Crippen LogP contribution in [0.5, 0.6) is 0 Å². The second-order valence-corrected chi connectivity index (χ2v) is 9.89. The van der Waals surface area contributed by atoms with Crippen molar-refractivity contribution in [1.29, 1.82) is 0 Å². The Morgan fingerprint density at radius 3 is 1.46 bits per heavy atom. The smallest absolute Gasteiger partial charge is 0.166 e. The maximum absolute atomic E-state index is 5.46. The molecule has 146 valence electrons. The Morgan fingerprint density at radius 2 is 1.12 bits per heavy atom. The first kappa shape index (κ1) is 18.7. The van der Waals surface area contributed by atoms with Crippen molar-refractivity contribution < 1.29 is 0 Å². The highest BCUT2D eigenvalue weighted by Gasteiger charge is 2.40. The normalized spacial score (nSPS) is 36.9. The van der Waals surface area contributed by atoms with Crippen LogP contribution in [-0.4, -0.2) is 35.4 Å². The first-order valence-electron chi connectivity index (χ1n) is 10.8. The number of nitrogens with one attached hydrogen (secondary N) is 4. The SMILES string of the molecule is S=C(NCCCCNC(=S)N[C@@H]1C[C@@H]2CC[C@@H]1C2)N[C@H]1C[C@H]2CC[C@@H]1C2. The molecule has 0 aliphatic heterocycles. The van der Waals surface area contributed by atoms with Crippen molar-refractivity contribution in [2.75, 3.05) is 13.1 Å². The number of hydrogen-bond donors (Lipinski definition) is 4. The Kier molecular flexibility index (Phi) is 6.19. The summed E-state index contributed by atoms with van der Waals surface area (Å²) >= 11 is 10.9. The van der Waals surface area contributed by atoms with Gasteiger partial charge in [0.15, 0.2) is 10.2 Å². The van der Waals surface area contributed by atoms with E-state index in [9.17, 15) is 0 Å². The van der Waals surface area contributed by atoms with Gasteiger partial charge in [0.2, 0.25) is 0 Å². The zero-order valence-electron chi connectivity index (χ0n) is 15.8. The van der Waals surface area contributed by atoms with E-state index in [1.54, 1.807) is 0 Å². The molecule has 4 aliphatic carbocycles. The minimum absolute atomic E-state index is 0.629. The van der Waals surface area contributed by atoms with Gasteiger partial charge in [0.25, 0.3) is 0 Å². The van der Waals surface area contributed by atoms with Gasteiger partial charge in [0.1, 0.15) is 0 Å². The third-order valence-corrected chi connectivity index (χ3v) is 7.81. The summed E-state index contributed by atoms with van der Waals surface area (Å²) < 4.78 is 0. The van der Waals surface area contributed by atoms with Crippen LogP contribution in [0, 0.1) is 23.7 Å². The van der Waals surface area contributed by atoms with Crippen molar-refractivity contribution in [1.82, 2.24) is 21.3 Å². The van der Waals surface area contributed by atoms with E-state index in [2.05, 4.69) is 21.3 Å². The highest BCUT2D eigenvalue weighted by molar-refractivity contribution is 7.80. The highest BCUT2D eigenvalue weighted by atomic mass is 32.1. The molecule has 0 radical (unpaired) electrons. The Morgan fingerprint density at radius 1 is 0.654 bits per heavy atom. The molecule has 0 aromatic rings. The third-order valence-electron chi connectivity index (χ3n) is 7.28. The molecule has 6 heteroatoms. The maximum Gasteiger partial charge on any atom is 0.166 e. The van der Waals surface area contributed by atoms with Gasteiger partial charge in [-0.2, -0.15) is 0 Å². The summed E-state index contributed by atoms with van der Waals surface area (Å²) in [7, 11) is 0.